The molecule has 0 fully saturated rings. The van der Waals surface area contributed by atoms with E-state index in [1.165, 1.54) is 89.0 Å². The average Bonchev–Trinajstić information content (AvgIpc) is 3.41. The van der Waals surface area contributed by atoms with E-state index in [2.05, 4.69) is 196 Å². The Bertz CT molecular complexity index is 2070. The summed E-state index contributed by atoms with van der Waals surface area (Å²) in [6.07, 6.45) is 0. The van der Waals surface area contributed by atoms with Crippen molar-refractivity contribution >= 4 is 0 Å². The van der Waals surface area contributed by atoms with Crippen molar-refractivity contribution in [2.75, 3.05) is 0 Å². The van der Waals surface area contributed by atoms with E-state index in [4.69, 9.17) is 0 Å². The van der Waals surface area contributed by atoms with Crippen molar-refractivity contribution < 1.29 is 0 Å². The van der Waals surface area contributed by atoms with Gasteiger partial charge in [0.25, 0.3) is 0 Å². The maximum absolute atomic E-state index is 2.51. The highest BCUT2D eigenvalue weighted by Gasteiger charge is 2.41. The third-order valence-electron chi connectivity index (χ3n) is 12.5. The molecule has 0 nitrogen and oxygen atoms in total. The Balaban J connectivity index is 1.43. The maximum atomic E-state index is 2.51. The lowest BCUT2D eigenvalue weighted by atomic mass is 9.76. The van der Waals surface area contributed by atoms with Gasteiger partial charge in [-0.2, -0.15) is 0 Å². The first kappa shape index (κ1) is 36.5. The smallest absolute Gasteiger partial charge is 0.0159 e. The van der Waals surface area contributed by atoms with E-state index in [0.717, 1.165) is 0 Å². The van der Waals surface area contributed by atoms with Crippen LogP contribution in [-0.4, -0.2) is 0 Å². The monoisotopic (exact) mass is 686 g/mol. The van der Waals surface area contributed by atoms with Gasteiger partial charge in [-0.05, 0) is 123 Å². The first-order valence-corrected chi connectivity index (χ1v) is 19.6. The molecule has 0 N–H and O–H groups in total. The largest absolute Gasteiger partial charge is 0.0579 e. The second-order valence-electron chi connectivity index (χ2n) is 21.2. The maximum Gasteiger partial charge on any atom is 0.0159 e. The molecule has 0 saturated heterocycles. The van der Waals surface area contributed by atoms with Crippen LogP contribution in [-0.2, 0) is 32.5 Å². The molecular weight excluding hydrogens is 625 g/mol. The summed E-state index contributed by atoms with van der Waals surface area (Å²) in [6, 6.07) is 34.1. The van der Waals surface area contributed by atoms with Gasteiger partial charge in [0.15, 0.2) is 0 Å². The van der Waals surface area contributed by atoms with Gasteiger partial charge in [0.2, 0.25) is 0 Å². The third kappa shape index (κ3) is 5.71. The molecule has 0 amide bonds. The van der Waals surface area contributed by atoms with Crippen LogP contribution in [0.3, 0.4) is 0 Å². The van der Waals surface area contributed by atoms with Gasteiger partial charge in [-0.25, -0.2) is 0 Å². The van der Waals surface area contributed by atoms with Crippen molar-refractivity contribution in [2.45, 2.75) is 143 Å². The van der Waals surface area contributed by atoms with Gasteiger partial charge in [0.1, 0.15) is 0 Å². The lowest BCUT2D eigenvalue weighted by molar-refractivity contribution is 0.579. The number of rotatable bonds is 2. The quantitative estimate of drug-likeness (QED) is 0.173. The van der Waals surface area contributed by atoms with Crippen LogP contribution in [0.5, 0.6) is 0 Å². The van der Waals surface area contributed by atoms with E-state index in [1.54, 1.807) is 0 Å². The molecule has 0 saturated carbocycles. The van der Waals surface area contributed by atoms with Gasteiger partial charge < -0.3 is 0 Å². The standard InChI is InChI=1S/C52H62/c1-47(2,3)33-21-23-37-41(27-33)51(13,14)43-29-35(49(7,8)9)25-39(45(37)43)31-17-19-32(20-18-31)40-26-36(50(10,11)12)30-44-46(40)38-24-22-34(48(4,5)6)28-42(38)52(44,15)16/h17-30H,1-16H3. The lowest BCUT2D eigenvalue weighted by Crippen LogP contribution is -2.19. The molecule has 0 aromatic heterocycles. The second kappa shape index (κ2) is 11.3. The van der Waals surface area contributed by atoms with Crippen molar-refractivity contribution in [1.29, 1.82) is 0 Å². The highest BCUT2D eigenvalue weighted by molar-refractivity contribution is 5.96. The van der Waals surface area contributed by atoms with E-state index >= 15 is 0 Å². The zero-order chi connectivity index (χ0) is 38.1. The van der Waals surface area contributed by atoms with Gasteiger partial charge in [0.05, 0.1) is 0 Å². The molecule has 52 heavy (non-hydrogen) atoms. The second-order valence-corrected chi connectivity index (χ2v) is 21.2. The highest BCUT2D eigenvalue weighted by Crippen LogP contribution is 2.56. The zero-order valence-corrected chi connectivity index (χ0v) is 35.1. The summed E-state index contributed by atoms with van der Waals surface area (Å²) in [6.45, 7) is 37.7. The summed E-state index contributed by atoms with van der Waals surface area (Å²) in [7, 11) is 0. The molecule has 0 spiro atoms. The highest BCUT2D eigenvalue weighted by atomic mass is 14.4. The Labute approximate surface area is 316 Å². The van der Waals surface area contributed by atoms with E-state index in [-0.39, 0.29) is 32.5 Å². The summed E-state index contributed by atoms with van der Waals surface area (Å²) >= 11 is 0. The Hall–Kier alpha value is -3.90. The molecule has 5 aromatic rings. The Morgan fingerprint density at radius 1 is 0.308 bits per heavy atom. The van der Waals surface area contributed by atoms with Crippen LogP contribution < -0.4 is 0 Å². The van der Waals surface area contributed by atoms with Gasteiger partial charge in [-0.15, -0.1) is 0 Å². The number of hydrogen-bond acceptors (Lipinski definition) is 0. The zero-order valence-electron chi connectivity index (χ0n) is 35.1. The molecule has 0 atom stereocenters. The molecule has 0 heterocycles. The van der Waals surface area contributed by atoms with Crippen molar-refractivity contribution in [3.63, 3.8) is 0 Å². The van der Waals surface area contributed by atoms with E-state index in [9.17, 15) is 0 Å². The summed E-state index contributed by atoms with van der Waals surface area (Å²) in [5, 5.41) is 0. The first-order valence-electron chi connectivity index (χ1n) is 19.6. The Morgan fingerprint density at radius 2 is 0.596 bits per heavy atom. The normalized spacial score (nSPS) is 16.0. The van der Waals surface area contributed by atoms with Gasteiger partial charge in [-0.1, -0.05) is 184 Å². The van der Waals surface area contributed by atoms with E-state index < -0.39 is 0 Å². The predicted octanol–water partition coefficient (Wildman–Crippen LogP) is 14.8. The van der Waals surface area contributed by atoms with Gasteiger partial charge >= 0.3 is 0 Å². The van der Waals surface area contributed by atoms with Crippen LogP contribution in [0.4, 0.5) is 0 Å². The van der Waals surface area contributed by atoms with Crippen molar-refractivity contribution in [3.05, 3.63) is 129 Å². The van der Waals surface area contributed by atoms with Crippen molar-refractivity contribution in [2.24, 2.45) is 0 Å². The minimum absolute atomic E-state index is 0.0339. The SMILES string of the molecule is CC(C)(C)c1ccc2c(c1)C(C)(C)c1cc(C(C)(C)C)cc(-c3ccc(-c4cc(C(C)(C)C)cc5c4-c4ccc(C(C)(C)C)cc4C5(C)C)cc3)c1-2. The summed E-state index contributed by atoms with van der Waals surface area (Å²) in [4.78, 5) is 0. The summed E-state index contributed by atoms with van der Waals surface area (Å²) < 4.78 is 0. The van der Waals surface area contributed by atoms with Crippen LogP contribution in [0.1, 0.15) is 155 Å². The molecule has 5 aromatic carbocycles. The fourth-order valence-corrected chi connectivity index (χ4v) is 8.78. The number of benzene rings is 5. The first-order chi connectivity index (χ1) is 23.8. The third-order valence-corrected chi connectivity index (χ3v) is 12.5. The predicted molar refractivity (Wildman–Crippen MR) is 227 cm³/mol. The van der Waals surface area contributed by atoms with Crippen molar-refractivity contribution in [1.82, 2.24) is 0 Å². The topological polar surface area (TPSA) is 0 Å². The van der Waals surface area contributed by atoms with Crippen LogP contribution in [0.15, 0.2) is 84.9 Å². The average molecular weight is 687 g/mol. The fourth-order valence-electron chi connectivity index (χ4n) is 8.78. The summed E-state index contributed by atoms with van der Waals surface area (Å²) in [5.41, 5.74) is 22.3. The molecule has 0 radical (unpaired) electrons. The Kier molecular flexibility index (Phi) is 7.93. The summed E-state index contributed by atoms with van der Waals surface area (Å²) in [5.74, 6) is 0. The van der Waals surface area contributed by atoms with Crippen LogP contribution in [0.25, 0.3) is 44.5 Å². The van der Waals surface area contributed by atoms with E-state index in [0.29, 0.717) is 0 Å². The molecule has 2 aliphatic carbocycles. The van der Waals surface area contributed by atoms with Crippen LogP contribution in [0.2, 0.25) is 0 Å². The van der Waals surface area contributed by atoms with Crippen LogP contribution >= 0.6 is 0 Å². The van der Waals surface area contributed by atoms with Gasteiger partial charge in [0, 0.05) is 10.8 Å². The minimum Gasteiger partial charge on any atom is -0.0579 e. The van der Waals surface area contributed by atoms with Crippen LogP contribution in [0, 0.1) is 0 Å². The minimum atomic E-state index is -0.0805. The molecule has 270 valence electrons. The molecule has 2 aliphatic rings. The molecular formula is C52H62. The molecule has 7 rings (SSSR count). The van der Waals surface area contributed by atoms with Crippen molar-refractivity contribution in [3.8, 4) is 44.5 Å². The molecule has 0 heteroatoms. The number of fused-ring (bicyclic) bond motifs is 6. The molecule has 0 unspecified atom stereocenters. The molecule has 0 bridgehead atoms. The number of hydrogen-bond donors (Lipinski definition) is 0. The van der Waals surface area contributed by atoms with Gasteiger partial charge in [-0.3, -0.25) is 0 Å². The fraction of sp³-hybridized carbons (Fsp3) is 0.423. The van der Waals surface area contributed by atoms with E-state index in [1.807, 2.05) is 0 Å². The lowest BCUT2D eigenvalue weighted by Gasteiger charge is -2.28. The molecule has 0 aliphatic heterocycles. The Morgan fingerprint density at radius 3 is 0.885 bits per heavy atom.